The van der Waals surface area contributed by atoms with Gasteiger partial charge in [0.25, 0.3) is 5.91 Å². The SMILES string of the molecule is CN(C1CCCCC1)S(=O)(=O)c1ccc(NC(=O)c2ccc3c(c2)NC(=O)CS3)cc1. The van der Waals surface area contributed by atoms with Crippen LogP contribution in [0, 0.1) is 0 Å². The lowest BCUT2D eigenvalue weighted by atomic mass is 9.96. The van der Waals surface area contributed by atoms with Crippen LogP contribution in [0.5, 0.6) is 0 Å². The van der Waals surface area contributed by atoms with Gasteiger partial charge < -0.3 is 10.6 Å². The molecule has 0 bridgehead atoms. The summed E-state index contributed by atoms with van der Waals surface area (Å²) >= 11 is 1.43. The molecule has 2 aromatic rings. The van der Waals surface area contributed by atoms with Crippen molar-refractivity contribution in [1.29, 1.82) is 0 Å². The maximum absolute atomic E-state index is 13.0. The monoisotopic (exact) mass is 459 g/mol. The van der Waals surface area contributed by atoms with Crippen LogP contribution in [0.2, 0.25) is 0 Å². The normalized spacial score (nSPS) is 17.2. The summed E-state index contributed by atoms with van der Waals surface area (Å²) in [6.07, 6.45) is 5.06. The van der Waals surface area contributed by atoms with E-state index in [0.717, 1.165) is 37.0 Å². The second-order valence-corrected chi connectivity index (χ2v) is 10.9. The van der Waals surface area contributed by atoms with Crippen molar-refractivity contribution in [2.45, 2.75) is 47.9 Å². The number of amides is 2. The molecular formula is C22H25N3O4S2. The van der Waals surface area contributed by atoms with Gasteiger partial charge in [0.1, 0.15) is 0 Å². The molecule has 164 valence electrons. The Morgan fingerprint density at radius 1 is 1.10 bits per heavy atom. The van der Waals surface area contributed by atoms with Gasteiger partial charge in [-0.05, 0) is 55.3 Å². The van der Waals surface area contributed by atoms with Crippen molar-refractivity contribution in [2.24, 2.45) is 0 Å². The number of hydrogen-bond donors (Lipinski definition) is 2. The Kier molecular flexibility index (Phi) is 6.36. The standard InChI is InChI=1S/C22H25N3O4S2/c1-25(17-5-3-2-4-6-17)31(28,29)18-10-8-16(9-11-18)23-22(27)15-7-12-20-19(13-15)24-21(26)14-30-20/h7-13,17H,2-6,14H2,1H3,(H,23,27)(H,24,26). The molecule has 2 N–H and O–H groups in total. The van der Waals surface area contributed by atoms with Crippen LogP contribution in [0.25, 0.3) is 0 Å². The van der Waals surface area contributed by atoms with Crippen LogP contribution in [0.15, 0.2) is 52.3 Å². The van der Waals surface area contributed by atoms with Crippen LogP contribution in [0.3, 0.4) is 0 Å². The summed E-state index contributed by atoms with van der Waals surface area (Å²) in [6, 6.07) is 11.4. The third kappa shape index (κ3) is 4.78. The Morgan fingerprint density at radius 3 is 2.52 bits per heavy atom. The Balaban J connectivity index is 1.45. The number of nitrogens with zero attached hydrogens (tertiary/aromatic N) is 1. The van der Waals surface area contributed by atoms with E-state index in [1.165, 1.54) is 28.2 Å². The minimum atomic E-state index is -3.57. The smallest absolute Gasteiger partial charge is 0.255 e. The number of benzene rings is 2. The summed E-state index contributed by atoms with van der Waals surface area (Å²) in [7, 11) is -1.93. The highest BCUT2D eigenvalue weighted by molar-refractivity contribution is 8.00. The fourth-order valence-electron chi connectivity index (χ4n) is 3.95. The predicted octanol–water partition coefficient (Wildman–Crippen LogP) is 3.94. The maximum atomic E-state index is 13.0. The third-order valence-electron chi connectivity index (χ3n) is 5.75. The molecule has 4 rings (SSSR count). The van der Waals surface area contributed by atoms with Gasteiger partial charge in [0.2, 0.25) is 15.9 Å². The molecule has 2 amide bonds. The quantitative estimate of drug-likeness (QED) is 0.706. The summed E-state index contributed by atoms with van der Waals surface area (Å²) < 4.78 is 27.4. The summed E-state index contributed by atoms with van der Waals surface area (Å²) in [6.45, 7) is 0. The van der Waals surface area contributed by atoms with Crippen molar-refractivity contribution >= 4 is 45.0 Å². The summed E-state index contributed by atoms with van der Waals surface area (Å²) in [5.41, 5.74) is 1.54. The molecule has 31 heavy (non-hydrogen) atoms. The van der Waals surface area contributed by atoms with Gasteiger partial charge in [-0.15, -0.1) is 11.8 Å². The van der Waals surface area contributed by atoms with Gasteiger partial charge in [-0.2, -0.15) is 4.31 Å². The van der Waals surface area contributed by atoms with Crippen molar-refractivity contribution in [3.63, 3.8) is 0 Å². The number of carbonyl (C=O) groups is 2. The molecule has 0 spiro atoms. The highest BCUT2D eigenvalue weighted by atomic mass is 32.2. The molecule has 7 nitrogen and oxygen atoms in total. The zero-order valence-corrected chi connectivity index (χ0v) is 18.9. The molecule has 0 unspecified atom stereocenters. The topological polar surface area (TPSA) is 95.6 Å². The first-order valence-corrected chi connectivity index (χ1v) is 12.7. The average Bonchev–Trinajstić information content (AvgIpc) is 2.79. The first-order valence-electron chi connectivity index (χ1n) is 10.3. The molecule has 0 saturated heterocycles. The van der Waals surface area contributed by atoms with Crippen molar-refractivity contribution in [2.75, 3.05) is 23.4 Å². The summed E-state index contributed by atoms with van der Waals surface area (Å²) in [5, 5.41) is 5.55. The molecule has 2 aliphatic rings. The van der Waals surface area contributed by atoms with Gasteiger partial charge in [-0.25, -0.2) is 8.42 Å². The number of anilines is 2. The van der Waals surface area contributed by atoms with Gasteiger partial charge in [0.05, 0.1) is 16.3 Å². The van der Waals surface area contributed by atoms with E-state index in [1.54, 1.807) is 31.3 Å². The van der Waals surface area contributed by atoms with E-state index in [2.05, 4.69) is 10.6 Å². The summed E-state index contributed by atoms with van der Waals surface area (Å²) in [4.78, 5) is 25.3. The molecule has 0 atom stereocenters. The van der Waals surface area contributed by atoms with E-state index in [4.69, 9.17) is 0 Å². The van der Waals surface area contributed by atoms with Gasteiger partial charge in [0, 0.05) is 29.2 Å². The minimum absolute atomic E-state index is 0.0424. The van der Waals surface area contributed by atoms with Crippen LogP contribution in [0.1, 0.15) is 42.5 Å². The molecule has 1 aliphatic carbocycles. The van der Waals surface area contributed by atoms with Crippen molar-refractivity contribution in [3.8, 4) is 0 Å². The Morgan fingerprint density at radius 2 is 1.81 bits per heavy atom. The van der Waals surface area contributed by atoms with Crippen LogP contribution >= 0.6 is 11.8 Å². The lowest BCUT2D eigenvalue weighted by molar-refractivity contribution is -0.113. The van der Waals surface area contributed by atoms with E-state index >= 15 is 0 Å². The predicted molar refractivity (Wildman–Crippen MR) is 122 cm³/mol. The number of hydrogen-bond acceptors (Lipinski definition) is 5. The summed E-state index contributed by atoms with van der Waals surface area (Å²) in [5.74, 6) is -0.0587. The molecule has 0 radical (unpaired) electrons. The van der Waals surface area contributed by atoms with Gasteiger partial charge in [0.15, 0.2) is 0 Å². The number of nitrogens with one attached hydrogen (secondary N) is 2. The van der Waals surface area contributed by atoms with E-state index < -0.39 is 10.0 Å². The molecule has 1 fully saturated rings. The zero-order valence-electron chi connectivity index (χ0n) is 17.3. The minimum Gasteiger partial charge on any atom is -0.324 e. The van der Waals surface area contributed by atoms with E-state index in [0.29, 0.717) is 22.7 Å². The van der Waals surface area contributed by atoms with Crippen molar-refractivity contribution in [1.82, 2.24) is 4.31 Å². The molecule has 9 heteroatoms. The van der Waals surface area contributed by atoms with Gasteiger partial charge >= 0.3 is 0 Å². The van der Waals surface area contributed by atoms with E-state index in [9.17, 15) is 18.0 Å². The van der Waals surface area contributed by atoms with E-state index in [1.807, 2.05) is 6.07 Å². The second kappa shape index (κ2) is 9.02. The molecule has 1 saturated carbocycles. The highest BCUT2D eigenvalue weighted by Crippen LogP contribution is 2.32. The van der Waals surface area contributed by atoms with E-state index in [-0.39, 0.29) is 22.8 Å². The fourth-order valence-corrected chi connectivity index (χ4v) is 6.15. The average molecular weight is 460 g/mol. The largest absolute Gasteiger partial charge is 0.324 e. The number of fused-ring (bicyclic) bond motifs is 1. The molecule has 0 aromatic heterocycles. The highest BCUT2D eigenvalue weighted by Gasteiger charge is 2.29. The van der Waals surface area contributed by atoms with Crippen LogP contribution in [-0.2, 0) is 14.8 Å². The lowest BCUT2D eigenvalue weighted by Crippen LogP contribution is -2.38. The molecule has 1 heterocycles. The van der Waals surface area contributed by atoms with Crippen molar-refractivity contribution in [3.05, 3.63) is 48.0 Å². The Hall–Kier alpha value is -2.36. The first kappa shape index (κ1) is 21.9. The fraction of sp³-hybridized carbons (Fsp3) is 0.364. The first-order chi connectivity index (χ1) is 14.8. The van der Waals surface area contributed by atoms with Crippen LogP contribution < -0.4 is 10.6 Å². The Bertz CT molecular complexity index is 1090. The second-order valence-electron chi connectivity index (χ2n) is 7.84. The third-order valence-corrected chi connectivity index (χ3v) is 8.75. The lowest BCUT2D eigenvalue weighted by Gasteiger charge is -2.30. The van der Waals surface area contributed by atoms with Crippen LogP contribution in [-0.4, -0.2) is 43.4 Å². The maximum Gasteiger partial charge on any atom is 0.255 e. The Labute approximate surface area is 186 Å². The number of carbonyl (C=O) groups excluding carboxylic acids is 2. The molecule has 2 aromatic carbocycles. The number of rotatable bonds is 5. The number of thioether (sulfide) groups is 1. The van der Waals surface area contributed by atoms with Gasteiger partial charge in [-0.1, -0.05) is 19.3 Å². The number of sulfonamides is 1. The van der Waals surface area contributed by atoms with Crippen molar-refractivity contribution < 1.29 is 18.0 Å². The molecular weight excluding hydrogens is 434 g/mol. The zero-order chi connectivity index (χ0) is 22.0. The van der Waals surface area contributed by atoms with Crippen LogP contribution in [0.4, 0.5) is 11.4 Å². The molecule has 1 aliphatic heterocycles. The van der Waals surface area contributed by atoms with Gasteiger partial charge in [-0.3, -0.25) is 9.59 Å².